The summed E-state index contributed by atoms with van der Waals surface area (Å²) in [6.45, 7) is 3.83. The number of rotatable bonds is 6. The molecule has 0 radical (unpaired) electrons. The maximum atomic E-state index is 12.9. The topological polar surface area (TPSA) is 58.6 Å². The van der Waals surface area contributed by atoms with Gasteiger partial charge in [-0.25, -0.2) is 0 Å². The predicted molar refractivity (Wildman–Crippen MR) is 123 cm³/mol. The summed E-state index contributed by atoms with van der Waals surface area (Å²) in [5, 5.41) is 15.7. The average molecular weight is 412 g/mol. The second-order valence-electron chi connectivity index (χ2n) is 7.69. The van der Waals surface area contributed by atoms with Gasteiger partial charge in [-0.05, 0) is 53.4 Å². The summed E-state index contributed by atoms with van der Waals surface area (Å²) in [4.78, 5) is 12.9. The van der Waals surface area contributed by atoms with Gasteiger partial charge in [0.15, 0.2) is 6.61 Å². The van der Waals surface area contributed by atoms with E-state index in [4.69, 9.17) is 4.74 Å². The van der Waals surface area contributed by atoms with Crippen LogP contribution in [0, 0.1) is 13.8 Å². The Labute approximate surface area is 182 Å². The Morgan fingerprint density at radius 3 is 2.48 bits per heavy atom. The second-order valence-corrected chi connectivity index (χ2v) is 7.69. The first-order chi connectivity index (χ1) is 15.0. The zero-order valence-corrected chi connectivity index (χ0v) is 17.6. The summed E-state index contributed by atoms with van der Waals surface area (Å²) < 4.78 is 5.80. The smallest absolute Gasteiger partial charge is 0.258 e. The van der Waals surface area contributed by atoms with Crippen LogP contribution in [0.5, 0.6) is 11.5 Å². The van der Waals surface area contributed by atoms with Crippen molar-refractivity contribution >= 4 is 16.7 Å². The molecule has 0 saturated carbocycles. The number of carbonyl (C=O) groups is 1. The Balaban J connectivity index is 1.65. The van der Waals surface area contributed by atoms with Crippen LogP contribution in [0.15, 0.2) is 84.9 Å². The third-order valence-electron chi connectivity index (χ3n) is 5.38. The van der Waals surface area contributed by atoms with E-state index in [0.717, 1.165) is 27.5 Å². The SMILES string of the molecule is Cc1ccc(C)c(OCC(=O)NC(c2ccccc2)c2c(O)ccc3ccccc23)c1. The number of fused-ring (bicyclic) bond motifs is 1. The quantitative estimate of drug-likeness (QED) is 0.444. The van der Waals surface area contributed by atoms with Crippen molar-refractivity contribution in [3.63, 3.8) is 0 Å². The number of benzene rings is 4. The zero-order valence-electron chi connectivity index (χ0n) is 17.6. The highest BCUT2D eigenvalue weighted by Crippen LogP contribution is 2.35. The van der Waals surface area contributed by atoms with Gasteiger partial charge >= 0.3 is 0 Å². The number of phenolic OH excluding ortho intramolecular Hbond substituents is 1. The summed E-state index contributed by atoms with van der Waals surface area (Å²) >= 11 is 0. The Hall–Kier alpha value is -3.79. The van der Waals surface area contributed by atoms with Crippen LogP contribution in [-0.2, 0) is 4.79 Å². The Morgan fingerprint density at radius 2 is 1.68 bits per heavy atom. The third kappa shape index (κ3) is 4.53. The standard InChI is InChI=1S/C27H25NO3/c1-18-12-13-19(2)24(16-18)31-17-25(30)28-27(21-9-4-3-5-10-21)26-22-11-7-6-8-20(22)14-15-23(26)29/h3-16,27,29H,17H2,1-2H3,(H,28,30). The molecule has 0 aliphatic rings. The van der Waals surface area contributed by atoms with Crippen LogP contribution < -0.4 is 10.1 Å². The Kier molecular flexibility index (Phi) is 5.89. The summed E-state index contributed by atoms with van der Waals surface area (Å²) in [5.74, 6) is 0.574. The van der Waals surface area contributed by atoms with E-state index in [-0.39, 0.29) is 18.3 Å². The van der Waals surface area contributed by atoms with E-state index in [1.54, 1.807) is 6.07 Å². The number of aromatic hydroxyl groups is 1. The van der Waals surface area contributed by atoms with E-state index in [9.17, 15) is 9.90 Å². The largest absolute Gasteiger partial charge is 0.508 e. The second kappa shape index (κ2) is 8.92. The molecule has 4 aromatic carbocycles. The predicted octanol–water partition coefficient (Wildman–Crippen LogP) is 5.45. The number of amides is 1. The fraction of sp³-hybridized carbons (Fsp3) is 0.148. The fourth-order valence-corrected chi connectivity index (χ4v) is 3.76. The molecule has 4 heteroatoms. The van der Waals surface area contributed by atoms with Crippen molar-refractivity contribution in [2.75, 3.05) is 6.61 Å². The minimum absolute atomic E-state index is 0.112. The van der Waals surface area contributed by atoms with Gasteiger partial charge in [0.05, 0.1) is 6.04 Å². The fourth-order valence-electron chi connectivity index (χ4n) is 3.76. The van der Waals surface area contributed by atoms with Crippen molar-refractivity contribution in [2.24, 2.45) is 0 Å². The molecule has 1 unspecified atom stereocenters. The van der Waals surface area contributed by atoms with Gasteiger partial charge in [0.1, 0.15) is 11.5 Å². The average Bonchev–Trinajstić information content (AvgIpc) is 2.79. The molecular weight excluding hydrogens is 386 g/mol. The normalized spacial score (nSPS) is 11.8. The first kappa shape index (κ1) is 20.5. The molecule has 156 valence electrons. The van der Waals surface area contributed by atoms with E-state index < -0.39 is 6.04 Å². The minimum atomic E-state index is -0.512. The molecule has 1 amide bonds. The highest BCUT2D eigenvalue weighted by molar-refractivity contribution is 5.89. The lowest BCUT2D eigenvalue weighted by molar-refractivity contribution is -0.123. The van der Waals surface area contributed by atoms with Crippen molar-refractivity contribution in [3.05, 3.63) is 107 Å². The summed E-state index contributed by atoms with van der Waals surface area (Å²) in [6, 6.07) is 26.4. The highest BCUT2D eigenvalue weighted by atomic mass is 16.5. The van der Waals surface area contributed by atoms with Gasteiger partial charge in [0.2, 0.25) is 0 Å². The first-order valence-electron chi connectivity index (χ1n) is 10.3. The third-order valence-corrected chi connectivity index (χ3v) is 5.38. The number of hydrogen-bond acceptors (Lipinski definition) is 3. The lowest BCUT2D eigenvalue weighted by atomic mass is 9.92. The number of nitrogens with one attached hydrogen (secondary N) is 1. The van der Waals surface area contributed by atoms with Gasteiger partial charge in [-0.3, -0.25) is 4.79 Å². The molecule has 4 aromatic rings. The van der Waals surface area contributed by atoms with Crippen molar-refractivity contribution in [1.29, 1.82) is 0 Å². The van der Waals surface area contributed by atoms with E-state index in [1.807, 2.05) is 92.7 Å². The van der Waals surface area contributed by atoms with Gasteiger partial charge < -0.3 is 15.2 Å². The van der Waals surface area contributed by atoms with Gasteiger partial charge in [0, 0.05) is 5.56 Å². The van der Waals surface area contributed by atoms with Crippen molar-refractivity contribution in [1.82, 2.24) is 5.32 Å². The molecule has 4 rings (SSSR count). The van der Waals surface area contributed by atoms with Crippen LogP contribution in [0.1, 0.15) is 28.3 Å². The number of phenols is 1. The summed E-state index contributed by atoms with van der Waals surface area (Å²) in [6.07, 6.45) is 0. The summed E-state index contributed by atoms with van der Waals surface area (Å²) in [7, 11) is 0. The van der Waals surface area contributed by atoms with E-state index in [2.05, 4.69) is 5.32 Å². The monoisotopic (exact) mass is 411 g/mol. The highest BCUT2D eigenvalue weighted by Gasteiger charge is 2.22. The molecule has 0 heterocycles. The molecule has 0 spiro atoms. The van der Waals surface area contributed by atoms with Crippen LogP contribution in [0.25, 0.3) is 10.8 Å². The molecule has 4 nitrogen and oxygen atoms in total. The maximum Gasteiger partial charge on any atom is 0.258 e. The van der Waals surface area contributed by atoms with Crippen LogP contribution in [0.2, 0.25) is 0 Å². The molecule has 0 aromatic heterocycles. The van der Waals surface area contributed by atoms with Gasteiger partial charge in [0.25, 0.3) is 5.91 Å². The number of carbonyl (C=O) groups excluding carboxylic acids is 1. The van der Waals surface area contributed by atoms with Crippen LogP contribution >= 0.6 is 0 Å². The molecule has 0 saturated heterocycles. The van der Waals surface area contributed by atoms with Crippen molar-refractivity contribution in [2.45, 2.75) is 19.9 Å². The molecule has 0 aliphatic carbocycles. The van der Waals surface area contributed by atoms with Gasteiger partial charge in [-0.1, -0.05) is 72.8 Å². The number of hydrogen-bond donors (Lipinski definition) is 2. The molecular formula is C27H25NO3. The lowest BCUT2D eigenvalue weighted by Crippen LogP contribution is -2.33. The van der Waals surface area contributed by atoms with Crippen molar-refractivity contribution in [3.8, 4) is 11.5 Å². The molecule has 0 fully saturated rings. The zero-order chi connectivity index (χ0) is 21.8. The Bertz CT molecular complexity index is 1220. The molecule has 31 heavy (non-hydrogen) atoms. The Morgan fingerprint density at radius 1 is 0.935 bits per heavy atom. The minimum Gasteiger partial charge on any atom is -0.508 e. The molecule has 2 N–H and O–H groups in total. The van der Waals surface area contributed by atoms with Crippen LogP contribution in [0.3, 0.4) is 0 Å². The molecule has 0 bridgehead atoms. The van der Waals surface area contributed by atoms with E-state index in [1.165, 1.54) is 0 Å². The summed E-state index contributed by atoms with van der Waals surface area (Å²) in [5.41, 5.74) is 3.60. The van der Waals surface area contributed by atoms with E-state index >= 15 is 0 Å². The maximum absolute atomic E-state index is 12.9. The first-order valence-corrected chi connectivity index (χ1v) is 10.3. The van der Waals surface area contributed by atoms with Gasteiger partial charge in [-0.2, -0.15) is 0 Å². The molecule has 0 aliphatic heterocycles. The molecule has 1 atom stereocenters. The lowest BCUT2D eigenvalue weighted by Gasteiger charge is -2.23. The number of ether oxygens (including phenoxy) is 1. The van der Waals surface area contributed by atoms with Crippen LogP contribution in [-0.4, -0.2) is 17.6 Å². The van der Waals surface area contributed by atoms with Gasteiger partial charge in [-0.15, -0.1) is 0 Å². The van der Waals surface area contributed by atoms with Crippen LogP contribution in [0.4, 0.5) is 0 Å². The number of aryl methyl sites for hydroxylation is 2. The van der Waals surface area contributed by atoms with E-state index in [0.29, 0.717) is 11.3 Å². The van der Waals surface area contributed by atoms with Crippen molar-refractivity contribution < 1.29 is 14.6 Å².